The number of hydrogen-bond acceptors (Lipinski definition) is 3. The highest BCUT2D eigenvalue weighted by atomic mass is 16.5. The molecule has 0 radical (unpaired) electrons. The highest BCUT2D eigenvalue weighted by Gasteiger charge is 2.09. The summed E-state index contributed by atoms with van der Waals surface area (Å²) < 4.78 is 4.95. The molecule has 0 bridgehead atoms. The van der Waals surface area contributed by atoms with Crippen molar-refractivity contribution in [1.29, 1.82) is 0 Å². The second-order valence-electron chi connectivity index (χ2n) is 9.91. The van der Waals surface area contributed by atoms with Crippen molar-refractivity contribution < 1.29 is 9.53 Å². The third kappa shape index (κ3) is 23.8. The van der Waals surface area contributed by atoms with Crippen LogP contribution in [0.25, 0.3) is 0 Å². The topological polar surface area (TPSA) is 29.5 Å². The van der Waals surface area contributed by atoms with Crippen molar-refractivity contribution in [2.24, 2.45) is 5.92 Å². The molecule has 3 heteroatoms. The molecule has 0 aliphatic carbocycles. The molecule has 0 heterocycles. The molecule has 3 nitrogen and oxygen atoms in total. The van der Waals surface area contributed by atoms with Gasteiger partial charge in [0.25, 0.3) is 0 Å². The number of carbonyl (C=O) groups is 1. The van der Waals surface area contributed by atoms with E-state index < -0.39 is 0 Å². The Kier molecular flexibility index (Phi) is 24.2. The van der Waals surface area contributed by atoms with Crippen LogP contribution in [0.15, 0.2) is 12.2 Å². The van der Waals surface area contributed by atoms with E-state index in [0.717, 1.165) is 25.2 Å². The minimum absolute atomic E-state index is 0.0470. The third-order valence-corrected chi connectivity index (χ3v) is 6.30. The van der Waals surface area contributed by atoms with E-state index in [9.17, 15) is 4.79 Å². The van der Waals surface area contributed by atoms with Crippen molar-refractivity contribution in [3.63, 3.8) is 0 Å². The first-order valence-electron chi connectivity index (χ1n) is 14.0. The zero-order valence-corrected chi connectivity index (χ0v) is 22.3. The second-order valence-corrected chi connectivity index (χ2v) is 9.91. The number of hydrogen-bond donors (Lipinski definition) is 0. The monoisotopic (exact) mass is 451 g/mol. The summed E-state index contributed by atoms with van der Waals surface area (Å²) in [5, 5.41) is 0. The van der Waals surface area contributed by atoms with Crippen LogP contribution in [0.3, 0.4) is 0 Å². The molecule has 0 aromatic rings. The minimum atomic E-state index is -0.0470. The van der Waals surface area contributed by atoms with Gasteiger partial charge in [0.1, 0.15) is 0 Å². The molecule has 0 aromatic heterocycles. The fourth-order valence-electron chi connectivity index (χ4n) is 4.46. The summed E-state index contributed by atoms with van der Waals surface area (Å²) in [6.07, 6.45) is 29.2. The third-order valence-electron chi connectivity index (χ3n) is 6.30. The van der Waals surface area contributed by atoms with Crippen LogP contribution in [0.1, 0.15) is 136 Å². The zero-order valence-electron chi connectivity index (χ0n) is 22.3. The van der Waals surface area contributed by atoms with E-state index in [2.05, 4.69) is 38.1 Å². The van der Waals surface area contributed by atoms with E-state index in [-0.39, 0.29) is 5.97 Å². The minimum Gasteiger partial charge on any atom is -0.466 e. The Morgan fingerprint density at radius 1 is 0.719 bits per heavy atom. The first-order valence-corrected chi connectivity index (χ1v) is 14.0. The Hall–Kier alpha value is -0.830. The summed E-state index contributed by atoms with van der Waals surface area (Å²) in [5.41, 5.74) is 0. The van der Waals surface area contributed by atoms with E-state index in [1.54, 1.807) is 0 Å². The van der Waals surface area contributed by atoms with Crippen molar-refractivity contribution >= 4 is 5.97 Å². The average molecular weight is 452 g/mol. The molecule has 0 amide bonds. The van der Waals surface area contributed by atoms with Gasteiger partial charge in [-0.25, -0.2) is 0 Å². The van der Waals surface area contributed by atoms with Gasteiger partial charge in [0.15, 0.2) is 0 Å². The van der Waals surface area contributed by atoms with Gasteiger partial charge in [-0.3, -0.25) is 4.79 Å². The van der Waals surface area contributed by atoms with Crippen LogP contribution in [0.4, 0.5) is 0 Å². The number of unbranched alkanes of at least 4 members (excludes halogenated alkanes) is 13. The van der Waals surface area contributed by atoms with Crippen LogP contribution in [0.5, 0.6) is 0 Å². The summed E-state index contributed by atoms with van der Waals surface area (Å²) in [6, 6.07) is 0. The van der Waals surface area contributed by atoms with Gasteiger partial charge >= 0.3 is 5.97 Å². The lowest BCUT2D eigenvalue weighted by Crippen LogP contribution is -2.21. The summed E-state index contributed by atoms with van der Waals surface area (Å²) in [7, 11) is 4.45. The van der Waals surface area contributed by atoms with Crippen LogP contribution < -0.4 is 0 Å². The molecule has 0 rings (SSSR count). The molecule has 0 saturated heterocycles. The van der Waals surface area contributed by atoms with Crippen LogP contribution in [-0.2, 0) is 9.53 Å². The van der Waals surface area contributed by atoms with Crippen molar-refractivity contribution in [1.82, 2.24) is 4.90 Å². The Morgan fingerprint density at radius 2 is 1.22 bits per heavy atom. The Bertz CT molecular complexity index is 419. The normalized spacial score (nSPS) is 12.7. The molecule has 0 saturated carbocycles. The standard InChI is InChI=1S/C29H57NO2/c1-5-7-8-18-21-24-28(27-30(3)4)25-22-19-16-14-12-10-9-11-13-15-17-20-23-26-29(31)32-6-2/h11,13,28H,5-10,12,14-27H2,1-4H3/b13-11-. The molecule has 1 atom stereocenters. The maximum atomic E-state index is 11.3. The average Bonchev–Trinajstić information content (AvgIpc) is 2.75. The van der Waals surface area contributed by atoms with E-state index >= 15 is 0 Å². The first-order chi connectivity index (χ1) is 15.6. The molecule has 0 aliphatic heterocycles. The number of ether oxygens (including phenoxy) is 1. The number of carbonyl (C=O) groups excluding carboxylic acids is 1. The lowest BCUT2D eigenvalue weighted by molar-refractivity contribution is -0.143. The lowest BCUT2D eigenvalue weighted by Gasteiger charge is -2.21. The van der Waals surface area contributed by atoms with Crippen molar-refractivity contribution in [3.8, 4) is 0 Å². The Morgan fingerprint density at radius 3 is 1.75 bits per heavy atom. The number of esters is 1. The summed E-state index contributed by atoms with van der Waals surface area (Å²) >= 11 is 0. The molecule has 0 N–H and O–H groups in total. The largest absolute Gasteiger partial charge is 0.466 e. The summed E-state index contributed by atoms with van der Waals surface area (Å²) in [6.45, 7) is 5.93. The molecule has 0 aromatic carbocycles. The van der Waals surface area contributed by atoms with E-state index in [1.165, 1.54) is 103 Å². The molecular weight excluding hydrogens is 394 g/mol. The van der Waals surface area contributed by atoms with Crippen molar-refractivity contribution in [2.45, 2.75) is 136 Å². The highest BCUT2D eigenvalue weighted by molar-refractivity contribution is 5.69. The van der Waals surface area contributed by atoms with Gasteiger partial charge in [0.05, 0.1) is 6.61 Å². The molecule has 1 unspecified atom stereocenters. The SMILES string of the molecule is CCCCCCCC(CCCCCCCC/C=C\CCCCCC(=O)OCC)CN(C)C. The fraction of sp³-hybridized carbons (Fsp3) is 0.897. The Balaban J connectivity index is 3.50. The molecule has 0 fully saturated rings. The van der Waals surface area contributed by atoms with Crippen molar-refractivity contribution in [2.75, 3.05) is 27.2 Å². The van der Waals surface area contributed by atoms with Crippen LogP contribution in [0, 0.1) is 5.92 Å². The maximum absolute atomic E-state index is 11.3. The number of allylic oxidation sites excluding steroid dienone is 2. The van der Waals surface area contributed by atoms with Crippen LogP contribution in [-0.4, -0.2) is 38.1 Å². The summed E-state index contributed by atoms with van der Waals surface area (Å²) in [4.78, 5) is 13.6. The summed E-state index contributed by atoms with van der Waals surface area (Å²) in [5.74, 6) is 0.858. The van der Waals surface area contributed by atoms with Gasteiger partial charge in [-0.15, -0.1) is 0 Å². The van der Waals surface area contributed by atoms with Gasteiger partial charge < -0.3 is 9.64 Å². The molecule has 190 valence electrons. The van der Waals surface area contributed by atoms with Gasteiger partial charge in [-0.2, -0.15) is 0 Å². The molecular formula is C29H57NO2. The fourth-order valence-corrected chi connectivity index (χ4v) is 4.46. The lowest BCUT2D eigenvalue weighted by atomic mass is 9.93. The van der Waals surface area contributed by atoms with E-state index in [4.69, 9.17) is 4.74 Å². The van der Waals surface area contributed by atoms with Gasteiger partial charge in [-0.05, 0) is 71.9 Å². The van der Waals surface area contributed by atoms with Gasteiger partial charge in [0, 0.05) is 13.0 Å². The van der Waals surface area contributed by atoms with Gasteiger partial charge in [0.2, 0.25) is 0 Å². The Labute approximate surface area is 201 Å². The van der Waals surface area contributed by atoms with Crippen LogP contribution >= 0.6 is 0 Å². The quantitative estimate of drug-likeness (QED) is 0.0834. The second kappa shape index (κ2) is 24.8. The smallest absolute Gasteiger partial charge is 0.305 e. The predicted octanol–water partition coefficient (Wildman–Crippen LogP) is 8.72. The highest BCUT2D eigenvalue weighted by Crippen LogP contribution is 2.20. The molecule has 0 spiro atoms. The van der Waals surface area contributed by atoms with E-state index in [0.29, 0.717) is 13.0 Å². The number of nitrogens with zero attached hydrogens (tertiary/aromatic N) is 1. The number of rotatable bonds is 24. The predicted molar refractivity (Wildman–Crippen MR) is 141 cm³/mol. The maximum Gasteiger partial charge on any atom is 0.305 e. The zero-order chi connectivity index (χ0) is 23.7. The van der Waals surface area contributed by atoms with Crippen LogP contribution in [0.2, 0.25) is 0 Å². The van der Waals surface area contributed by atoms with E-state index in [1.807, 2.05) is 6.92 Å². The first kappa shape index (κ1) is 31.2. The molecule has 32 heavy (non-hydrogen) atoms. The molecule has 0 aliphatic rings. The van der Waals surface area contributed by atoms with Gasteiger partial charge in [-0.1, -0.05) is 89.7 Å². The van der Waals surface area contributed by atoms with Crippen molar-refractivity contribution in [3.05, 3.63) is 12.2 Å².